The van der Waals surface area contributed by atoms with E-state index in [4.69, 9.17) is 50.6 Å². The largest absolute Gasteiger partial charge is 0.334 e. The van der Waals surface area contributed by atoms with Crippen LogP contribution < -0.4 is 0 Å². The molecule has 0 aromatic heterocycles. The maximum absolute atomic E-state index is 5.69. The van der Waals surface area contributed by atoms with Gasteiger partial charge in [0.25, 0.3) is 0 Å². The highest BCUT2D eigenvalue weighted by molar-refractivity contribution is 7.85. The van der Waals surface area contributed by atoms with Gasteiger partial charge in [-0.2, -0.15) is 0 Å². The summed E-state index contributed by atoms with van der Waals surface area (Å²) in [6, 6.07) is 0. The van der Waals surface area contributed by atoms with Crippen LogP contribution in [-0.4, -0.2) is 9.13 Å². The predicted octanol–water partition coefficient (Wildman–Crippen LogP) is 4.68. The Morgan fingerprint density at radius 3 is 1.55 bits per heavy atom. The average molecular weight is 258 g/mol. The highest BCUT2D eigenvalue weighted by Gasteiger charge is 2.35. The Hall–Kier alpha value is 1.55. The molecule has 1 nitrogen and oxygen atoms in total. The lowest BCUT2D eigenvalue weighted by Crippen LogP contribution is -2.17. The van der Waals surface area contributed by atoms with Crippen LogP contribution in [0, 0.1) is 0 Å². The van der Waals surface area contributed by atoms with Gasteiger partial charge in [0.1, 0.15) is 0 Å². The number of hydrogen-bond donors (Lipinski definition) is 0. The molecule has 0 N–H and O–H groups in total. The first-order valence-corrected chi connectivity index (χ1v) is 6.14. The van der Waals surface area contributed by atoms with Gasteiger partial charge in [0.2, 0.25) is 3.53 Å². The summed E-state index contributed by atoms with van der Waals surface area (Å²) in [6.45, 7) is 5.54. The molecule has 1 unspecified atom stereocenters. The molecule has 0 saturated heterocycles. The third-order valence-corrected chi connectivity index (χ3v) is 4.79. The molecule has 0 aliphatic carbocycles. The molecule has 0 aromatic carbocycles. The lowest BCUT2D eigenvalue weighted by atomic mass is 10.2. The van der Waals surface area contributed by atoms with Crippen LogP contribution in [0.25, 0.3) is 0 Å². The van der Waals surface area contributed by atoms with Crippen LogP contribution in [0.3, 0.4) is 0 Å². The fourth-order valence-corrected chi connectivity index (χ4v) is 1.81. The standard InChI is InChI=1S/C5H9Cl4OP/c1-4(2,3)10-11(9)5(6,7)8/h1-3H3. The smallest absolute Gasteiger partial charge is 0.248 e. The van der Waals surface area contributed by atoms with Crippen LogP contribution >= 0.6 is 53.5 Å². The maximum Gasteiger partial charge on any atom is 0.248 e. The van der Waals surface area contributed by atoms with Gasteiger partial charge in [0, 0.05) is 0 Å². The fourth-order valence-electron chi connectivity index (χ4n) is 0.292. The molecule has 0 aromatic rings. The lowest BCUT2D eigenvalue weighted by Gasteiger charge is -2.26. The molecule has 0 fully saturated rings. The minimum Gasteiger partial charge on any atom is -0.334 e. The monoisotopic (exact) mass is 256 g/mol. The third-order valence-electron chi connectivity index (χ3n) is 0.553. The third kappa shape index (κ3) is 6.69. The van der Waals surface area contributed by atoms with E-state index in [0.29, 0.717) is 0 Å². The Bertz CT molecular complexity index is 127. The van der Waals surface area contributed by atoms with Crippen LogP contribution in [-0.2, 0) is 4.52 Å². The summed E-state index contributed by atoms with van der Waals surface area (Å²) in [4.78, 5) is 0. The van der Waals surface area contributed by atoms with Crippen molar-refractivity contribution in [2.45, 2.75) is 29.9 Å². The first kappa shape index (κ1) is 12.6. The molecule has 0 spiro atoms. The second kappa shape index (κ2) is 4.17. The molecule has 0 aliphatic rings. The SMILES string of the molecule is CC(C)(C)OP(Cl)C(Cl)(Cl)Cl. The summed E-state index contributed by atoms with van der Waals surface area (Å²) < 4.78 is 3.73. The minimum atomic E-state index is -1.54. The Balaban J connectivity index is 3.99. The molecule has 0 radical (unpaired) electrons. The molecule has 1 atom stereocenters. The Morgan fingerprint density at radius 2 is 1.45 bits per heavy atom. The molecule has 0 rings (SSSR count). The minimum absolute atomic E-state index is 0.378. The van der Waals surface area contributed by atoms with E-state index in [1.807, 2.05) is 20.8 Å². The van der Waals surface area contributed by atoms with E-state index in [9.17, 15) is 0 Å². The van der Waals surface area contributed by atoms with Crippen LogP contribution in [0.1, 0.15) is 20.8 Å². The number of rotatable bonds is 1. The summed E-state index contributed by atoms with van der Waals surface area (Å²) in [6.07, 6.45) is 0. The van der Waals surface area contributed by atoms with E-state index in [-0.39, 0.29) is 5.60 Å². The first-order valence-electron chi connectivity index (χ1n) is 2.85. The topological polar surface area (TPSA) is 9.23 Å². The van der Waals surface area contributed by atoms with Crippen LogP contribution in [0.15, 0.2) is 0 Å². The van der Waals surface area contributed by atoms with Crippen molar-refractivity contribution in [2.24, 2.45) is 0 Å². The zero-order chi connectivity index (χ0) is 9.28. The summed E-state index contributed by atoms with van der Waals surface area (Å²) in [5.74, 6) is 0. The summed E-state index contributed by atoms with van der Waals surface area (Å²) in [5, 5.41) is 0. The molecular weight excluding hydrogens is 249 g/mol. The van der Waals surface area contributed by atoms with Crippen molar-refractivity contribution in [3.63, 3.8) is 0 Å². The highest BCUT2D eigenvalue weighted by Crippen LogP contribution is 2.64. The van der Waals surface area contributed by atoms with Crippen molar-refractivity contribution in [1.29, 1.82) is 0 Å². The van der Waals surface area contributed by atoms with E-state index >= 15 is 0 Å². The maximum atomic E-state index is 5.69. The summed E-state index contributed by atoms with van der Waals surface area (Å²) >= 11 is 22.2. The van der Waals surface area contributed by atoms with Crippen molar-refractivity contribution in [2.75, 3.05) is 0 Å². The summed E-state index contributed by atoms with van der Waals surface area (Å²) in [5.41, 5.74) is -0.378. The van der Waals surface area contributed by atoms with Gasteiger partial charge in [-0.1, -0.05) is 46.0 Å². The van der Waals surface area contributed by atoms with Crippen molar-refractivity contribution in [3.05, 3.63) is 0 Å². The molecule has 11 heavy (non-hydrogen) atoms. The van der Waals surface area contributed by atoms with Gasteiger partial charge in [-0.25, -0.2) is 0 Å². The van der Waals surface area contributed by atoms with Crippen LogP contribution in [0.2, 0.25) is 0 Å². The van der Waals surface area contributed by atoms with Crippen molar-refractivity contribution >= 4 is 53.5 Å². The normalized spacial score (nSPS) is 16.6. The molecule has 0 heterocycles. The number of alkyl halides is 3. The molecular formula is C5H9Cl4OP. The van der Waals surface area contributed by atoms with E-state index in [1.54, 1.807) is 0 Å². The molecule has 0 bridgehead atoms. The Kier molecular flexibility index (Phi) is 4.76. The van der Waals surface area contributed by atoms with Crippen molar-refractivity contribution < 1.29 is 4.52 Å². The lowest BCUT2D eigenvalue weighted by molar-refractivity contribution is 0.154. The Labute approximate surface area is 87.9 Å². The highest BCUT2D eigenvalue weighted by atomic mass is 35.7. The van der Waals surface area contributed by atoms with E-state index in [1.165, 1.54) is 0 Å². The zero-order valence-corrected chi connectivity index (χ0v) is 10.3. The zero-order valence-electron chi connectivity index (χ0n) is 6.37. The fraction of sp³-hybridized carbons (Fsp3) is 1.00. The average Bonchev–Trinajstić information content (AvgIpc) is 1.56. The van der Waals surface area contributed by atoms with Crippen LogP contribution in [0.4, 0.5) is 0 Å². The number of halogens is 4. The van der Waals surface area contributed by atoms with E-state index < -0.39 is 11.0 Å². The molecule has 6 heteroatoms. The molecule has 0 saturated carbocycles. The van der Waals surface area contributed by atoms with Crippen molar-refractivity contribution in [1.82, 2.24) is 0 Å². The molecule has 68 valence electrons. The molecule has 0 amide bonds. The summed E-state index contributed by atoms with van der Waals surface area (Å²) in [7, 11) is -1.54. The van der Waals surface area contributed by atoms with Gasteiger partial charge in [0.15, 0.2) is 7.50 Å². The van der Waals surface area contributed by atoms with Gasteiger partial charge in [-0.05, 0) is 20.8 Å². The van der Waals surface area contributed by atoms with Crippen LogP contribution in [0.5, 0.6) is 0 Å². The Morgan fingerprint density at radius 1 is 1.09 bits per heavy atom. The van der Waals surface area contributed by atoms with Gasteiger partial charge in [0.05, 0.1) is 5.60 Å². The van der Waals surface area contributed by atoms with Gasteiger partial charge < -0.3 is 4.52 Å². The van der Waals surface area contributed by atoms with Gasteiger partial charge in [-0.3, -0.25) is 0 Å². The second-order valence-electron chi connectivity index (χ2n) is 2.92. The predicted molar refractivity (Wildman–Crippen MR) is 53.9 cm³/mol. The van der Waals surface area contributed by atoms with E-state index in [2.05, 4.69) is 0 Å². The van der Waals surface area contributed by atoms with Crippen molar-refractivity contribution in [3.8, 4) is 0 Å². The van der Waals surface area contributed by atoms with E-state index in [0.717, 1.165) is 0 Å². The van der Waals surface area contributed by atoms with Gasteiger partial charge >= 0.3 is 0 Å². The quantitative estimate of drug-likeness (QED) is 0.490. The number of hydrogen-bond acceptors (Lipinski definition) is 1. The first-order chi connectivity index (χ1) is 4.63. The molecule has 0 aliphatic heterocycles. The second-order valence-corrected chi connectivity index (χ2v) is 8.25. The van der Waals surface area contributed by atoms with Gasteiger partial charge in [-0.15, -0.1) is 0 Å².